The Morgan fingerprint density at radius 2 is 1.53 bits per heavy atom. The predicted octanol–water partition coefficient (Wildman–Crippen LogP) is 7.88. The van der Waals surface area contributed by atoms with Crippen LogP contribution in [-0.4, -0.2) is 19.8 Å². The molecule has 3 aromatic carbocycles. The Morgan fingerprint density at radius 1 is 0.833 bits per heavy atom. The predicted molar refractivity (Wildman–Crippen MR) is 137 cm³/mol. The second-order valence-electron chi connectivity index (χ2n) is 9.54. The monoisotopic (exact) mass is 497 g/mol. The van der Waals surface area contributed by atoms with Gasteiger partial charge in [0.05, 0.1) is 25.3 Å². The van der Waals surface area contributed by atoms with E-state index in [1.807, 2.05) is 44.2 Å². The zero-order valence-corrected chi connectivity index (χ0v) is 21.3. The van der Waals surface area contributed by atoms with Crippen LogP contribution in [0.2, 0.25) is 0 Å². The molecule has 0 amide bonds. The van der Waals surface area contributed by atoms with E-state index in [4.69, 9.17) is 14.2 Å². The molecule has 3 aromatic rings. The SMILES string of the molecule is COc1ccc(C)cc1OCc1c(-c2cc(C(F)(F)F)ccc2OC)ccc2c1C(C)=CC(C)(C)N2. The molecule has 0 atom stereocenters. The number of hydrogen-bond donors (Lipinski definition) is 1. The van der Waals surface area contributed by atoms with E-state index in [0.29, 0.717) is 28.4 Å². The van der Waals surface area contributed by atoms with Crippen molar-refractivity contribution < 1.29 is 27.4 Å². The zero-order valence-electron chi connectivity index (χ0n) is 21.3. The fourth-order valence-corrected chi connectivity index (χ4v) is 4.74. The summed E-state index contributed by atoms with van der Waals surface area (Å²) in [7, 11) is 3.02. The summed E-state index contributed by atoms with van der Waals surface area (Å²) in [5, 5.41) is 3.51. The van der Waals surface area contributed by atoms with Crippen LogP contribution in [0, 0.1) is 6.92 Å². The first-order chi connectivity index (χ1) is 16.9. The number of anilines is 1. The van der Waals surface area contributed by atoms with E-state index in [9.17, 15) is 13.2 Å². The van der Waals surface area contributed by atoms with Crippen molar-refractivity contribution in [1.29, 1.82) is 0 Å². The highest BCUT2D eigenvalue weighted by Crippen LogP contribution is 2.44. The van der Waals surface area contributed by atoms with Crippen LogP contribution in [-0.2, 0) is 12.8 Å². The van der Waals surface area contributed by atoms with Crippen LogP contribution in [0.5, 0.6) is 17.2 Å². The summed E-state index contributed by atoms with van der Waals surface area (Å²) >= 11 is 0. The molecule has 0 spiro atoms. The highest BCUT2D eigenvalue weighted by atomic mass is 19.4. The molecule has 0 radical (unpaired) electrons. The van der Waals surface area contributed by atoms with Gasteiger partial charge < -0.3 is 19.5 Å². The van der Waals surface area contributed by atoms with Gasteiger partial charge in [-0.1, -0.05) is 18.2 Å². The van der Waals surface area contributed by atoms with Crippen molar-refractivity contribution in [3.05, 3.63) is 76.9 Å². The van der Waals surface area contributed by atoms with Gasteiger partial charge in [-0.15, -0.1) is 0 Å². The molecule has 7 heteroatoms. The van der Waals surface area contributed by atoms with Gasteiger partial charge in [0.1, 0.15) is 12.4 Å². The molecule has 36 heavy (non-hydrogen) atoms. The summed E-state index contributed by atoms with van der Waals surface area (Å²) in [5.41, 5.74) is 4.50. The third-order valence-electron chi connectivity index (χ3n) is 6.25. The lowest BCUT2D eigenvalue weighted by Gasteiger charge is -2.33. The van der Waals surface area contributed by atoms with Crippen LogP contribution < -0.4 is 19.5 Å². The van der Waals surface area contributed by atoms with Crippen LogP contribution in [0.4, 0.5) is 18.9 Å². The maximum atomic E-state index is 13.6. The lowest BCUT2D eigenvalue weighted by Crippen LogP contribution is -2.32. The molecule has 0 aliphatic carbocycles. The van der Waals surface area contributed by atoms with Crippen molar-refractivity contribution in [1.82, 2.24) is 0 Å². The summed E-state index contributed by atoms with van der Waals surface area (Å²) in [6.45, 7) is 8.21. The Morgan fingerprint density at radius 3 is 2.19 bits per heavy atom. The molecule has 0 unspecified atom stereocenters. The average Bonchev–Trinajstić information content (AvgIpc) is 2.80. The lowest BCUT2D eigenvalue weighted by atomic mass is 9.85. The Kier molecular flexibility index (Phi) is 6.69. The van der Waals surface area contributed by atoms with Crippen LogP contribution >= 0.6 is 0 Å². The molecule has 1 aliphatic rings. The number of rotatable bonds is 6. The van der Waals surface area contributed by atoms with Crippen LogP contribution in [0.25, 0.3) is 16.7 Å². The fraction of sp³-hybridized carbons (Fsp3) is 0.310. The maximum Gasteiger partial charge on any atom is 0.416 e. The first-order valence-electron chi connectivity index (χ1n) is 11.6. The van der Waals surface area contributed by atoms with Crippen LogP contribution in [0.3, 0.4) is 0 Å². The van der Waals surface area contributed by atoms with E-state index < -0.39 is 11.7 Å². The molecule has 190 valence electrons. The minimum Gasteiger partial charge on any atom is -0.496 e. The van der Waals surface area contributed by atoms with Crippen molar-refractivity contribution in [2.45, 2.75) is 46.0 Å². The number of ether oxygens (including phenoxy) is 3. The van der Waals surface area contributed by atoms with Crippen molar-refractivity contribution >= 4 is 11.3 Å². The topological polar surface area (TPSA) is 39.7 Å². The number of hydrogen-bond acceptors (Lipinski definition) is 4. The first-order valence-corrected chi connectivity index (χ1v) is 11.6. The van der Waals surface area contributed by atoms with Gasteiger partial charge in [0, 0.05) is 22.4 Å². The van der Waals surface area contributed by atoms with Gasteiger partial charge in [0.2, 0.25) is 0 Å². The number of alkyl halides is 3. The van der Waals surface area contributed by atoms with Crippen molar-refractivity contribution in [2.75, 3.05) is 19.5 Å². The standard InChI is InChI=1S/C29H30F3NO3/c1-17-7-11-25(35-6)26(13-17)36-16-22-20(9-10-23-27(22)18(2)15-28(3,4)33-23)21-14-19(29(30,31)32)8-12-24(21)34-5/h7-15,33H,16H2,1-6H3. The quantitative estimate of drug-likeness (QED) is 0.376. The number of benzene rings is 3. The molecule has 0 bridgehead atoms. The van der Waals surface area contributed by atoms with Gasteiger partial charge in [0.15, 0.2) is 11.5 Å². The highest BCUT2D eigenvalue weighted by Gasteiger charge is 2.32. The first kappa shape index (κ1) is 25.5. The minimum absolute atomic E-state index is 0.116. The smallest absolute Gasteiger partial charge is 0.416 e. The summed E-state index contributed by atoms with van der Waals surface area (Å²) in [6.07, 6.45) is -2.37. The van der Waals surface area contributed by atoms with E-state index in [-0.39, 0.29) is 12.1 Å². The molecule has 4 rings (SSSR count). The van der Waals surface area contributed by atoms with Crippen molar-refractivity contribution in [3.63, 3.8) is 0 Å². The molecule has 1 heterocycles. The summed E-state index contributed by atoms with van der Waals surface area (Å²) < 4.78 is 58.1. The van der Waals surface area contributed by atoms with E-state index in [1.165, 1.54) is 13.2 Å². The number of halogens is 3. The van der Waals surface area contributed by atoms with E-state index in [0.717, 1.165) is 40.1 Å². The number of nitrogens with one attached hydrogen (secondary N) is 1. The number of allylic oxidation sites excluding steroid dienone is 1. The van der Waals surface area contributed by atoms with Gasteiger partial charge in [-0.05, 0) is 80.8 Å². The summed E-state index contributed by atoms with van der Waals surface area (Å²) in [6, 6.07) is 12.9. The fourth-order valence-electron chi connectivity index (χ4n) is 4.74. The Balaban J connectivity index is 1.92. The normalized spacial score (nSPS) is 14.4. The Bertz CT molecular complexity index is 1330. The lowest BCUT2D eigenvalue weighted by molar-refractivity contribution is -0.137. The highest BCUT2D eigenvalue weighted by molar-refractivity contribution is 5.88. The van der Waals surface area contributed by atoms with E-state index in [1.54, 1.807) is 7.11 Å². The van der Waals surface area contributed by atoms with Gasteiger partial charge in [-0.25, -0.2) is 0 Å². The van der Waals surface area contributed by atoms with Crippen molar-refractivity contribution in [3.8, 4) is 28.4 Å². The van der Waals surface area contributed by atoms with Crippen molar-refractivity contribution in [2.24, 2.45) is 0 Å². The van der Waals surface area contributed by atoms with Gasteiger partial charge in [-0.2, -0.15) is 13.2 Å². The molecule has 1 aliphatic heterocycles. The minimum atomic E-state index is -4.48. The summed E-state index contributed by atoms with van der Waals surface area (Å²) in [5.74, 6) is 1.49. The summed E-state index contributed by atoms with van der Waals surface area (Å²) in [4.78, 5) is 0. The third-order valence-corrected chi connectivity index (χ3v) is 6.25. The number of methoxy groups -OCH3 is 2. The van der Waals surface area contributed by atoms with Crippen LogP contribution in [0.15, 0.2) is 54.6 Å². The Hall–Kier alpha value is -3.61. The second kappa shape index (κ2) is 9.45. The molecule has 0 saturated heterocycles. The molecule has 4 nitrogen and oxygen atoms in total. The number of fused-ring (bicyclic) bond motifs is 1. The van der Waals surface area contributed by atoms with Gasteiger partial charge in [-0.3, -0.25) is 0 Å². The molecule has 0 fully saturated rings. The molecular formula is C29H30F3NO3. The average molecular weight is 498 g/mol. The van der Waals surface area contributed by atoms with E-state index in [2.05, 4.69) is 25.2 Å². The largest absolute Gasteiger partial charge is 0.496 e. The van der Waals surface area contributed by atoms with E-state index >= 15 is 0 Å². The Labute approximate surface area is 209 Å². The van der Waals surface area contributed by atoms with Crippen LogP contribution in [0.1, 0.15) is 43.0 Å². The second-order valence-corrected chi connectivity index (χ2v) is 9.54. The molecule has 0 aromatic heterocycles. The number of aryl methyl sites for hydroxylation is 1. The molecule has 1 N–H and O–H groups in total. The maximum absolute atomic E-state index is 13.6. The third kappa shape index (κ3) is 5.01. The molecule has 0 saturated carbocycles. The van der Waals surface area contributed by atoms with Gasteiger partial charge >= 0.3 is 6.18 Å². The molecular weight excluding hydrogens is 467 g/mol. The zero-order chi connectivity index (χ0) is 26.3. The van der Waals surface area contributed by atoms with Gasteiger partial charge in [0.25, 0.3) is 0 Å².